The molecule has 0 N–H and O–H groups in total. The fraction of sp³-hybridized carbons (Fsp3) is 0.167. The van der Waals surface area contributed by atoms with Gasteiger partial charge in [-0.05, 0) is 6.07 Å². The third-order valence-electron chi connectivity index (χ3n) is 0.931. The van der Waals surface area contributed by atoms with Gasteiger partial charge < -0.3 is 0 Å². The average molecular weight is 164 g/mol. The number of pyridine rings is 1. The minimum atomic E-state index is -4.62. The normalized spacial score (nSPS) is 11.6. The first-order chi connectivity index (χ1) is 5.00. The molecule has 0 unspecified atom stereocenters. The molecule has 0 aliphatic heterocycles. The van der Waals surface area contributed by atoms with Gasteiger partial charge in [0.25, 0.3) is 0 Å². The molecule has 0 bridgehead atoms. The van der Waals surface area contributed by atoms with Crippen molar-refractivity contribution in [3.05, 3.63) is 29.8 Å². The molecule has 11 heavy (non-hydrogen) atoms. The van der Waals surface area contributed by atoms with E-state index >= 15 is 0 Å². The summed E-state index contributed by atoms with van der Waals surface area (Å²) in [5.74, 6) is -1.06. The Morgan fingerprint density at radius 1 is 1.36 bits per heavy atom. The third kappa shape index (κ3) is 1.89. The Balaban J connectivity index is 3.06. The number of aromatic nitrogens is 1. The highest BCUT2D eigenvalue weighted by Gasteiger charge is 2.32. The van der Waals surface area contributed by atoms with Crippen molar-refractivity contribution in [2.75, 3.05) is 0 Å². The van der Waals surface area contributed by atoms with Gasteiger partial charge in [-0.3, -0.25) is 4.98 Å². The fourth-order valence-corrected chi connectivity index (χ4v) is 0.508. The summed E-state index contributed by atoms with van der Waals surface area (Å²) < 4.78 is 47.2. The van der Waals surface area contributed by atoms with Gasteiger partial charge in [0.15, 0.2) is 5.69 Å². The summed E-state index contributed by atoms with van der Waals surface area (Å²) in [6.45, 7) is 0. The third-order valence-corrected chi connectivity index (χ3v) is 0.931. The summed E-state index contributed by atoms with van der Waals surface area (Å²) in [4.78, 5) is 2.89. The van der Waals surface area contributed by atoms with E-state index in [9.17, 15) is 17.6 Å². The van der Waals surface area contributed by atoms with E-state index in [0.29, 0.717) is 0 Å². The molecule has 1 aromatic heterocycles. The van der Waals surface area contributed by atoms with Gasteiger partial charge in [0.2, 0.25) is 0 Å². The molecule has 0 aliphatic carbocycles. The Hall–Kier alpha value is -1.13. The van der Waals surface area contributed by atoms with Crippen LogP contribution in [-0.4, -0.2) is 4.98 Å². The molecule has 1 radical (unpaired) electrons. The quantitative estimate of drug-likeness (QED) is 0.534. The zero-order valence-corrected chi connectivity index (χ0v) is 5.11. The van der Waals surface area contributed by atoms with Crippen LogP contribution in [0.4, 0.5) is 17.6 Å². The second-order valence-electron chi connectivity index (χ2n) is 1.76. The van der Waals surface area contributed by atoms with Crippen LogP contribution >= 0.6 is 0 Å². The minimum absolute atomic E-state index is 0.745. The van der Waals surface area contributed by atoms with Crippen LogP contribution in [0.15, 0.2) is 12.3 Å². The van der Waals surface area contributed by atoms with E-state index in [4.69, 9.17) is 0 Å². The molecule has 1 rings (SSSR count). The SMILES string of the molecule is Fc1[c]c(C(F)(F)F)ncc1. The van der Waals surface area contributed by atoms with E-state index in [-0.39, 0.29) is 0 Å². The number of hydrogen-bond acceptors (Lipinski definition) is 1. The molecule has 1 heterocycles. The van der Waals surface area contributed by atoms with E-state index in [1.54, 1.807) is 0 Å². The molecule has 0 aliphatic rings. The van der Waals surface area contributed by atoms with E-state index in [0.717, 1.165) is 12.3 Å². The van der Waals surface area contributed by atoms with Crippen LogP contribution in [0, 0.1) is 11.9 Å². The monoisotopic (exact) mass is 164 g/mol. The van der Waals surface area contributed by atoms with E-state index in [1.165, 1.54) is 6.07 Å². The summed E-state index contributed by atoms with van der Waals surface area (Å²) >= 11 is 0. The molecule has 0 atom stereocenters. The standard InChI is InChI=1S/C6H2F4N/c7-4-1-2-11-5(3-4)6(8,9)10/h1-2H. The Bertz CT molecular complexity index is 255. The smallest absolute Gasteiger partial charge is 0.251 e. The fourth-order valence-electron chi connectivity index (χ4n) is 0.508. The van der Waals surface area contributed by atoms with Gasteiger partial charge in [0.05, 0.1) is 6.07 Å². The number of rotatable bonds is 0. The molecule has 1 aromatic rings. The first kappa shape index (κ1) is 7.97. The highest BCUT2D eigenvalue weighted by atomic mass is 19.4. The molecule has 59 valence electrons. The van der Waals surface area contributed by atoms with E-state index in [2.05, 4.69) is 4.98 Å². The van der Waals surface area contributed by atoms with Crippen LogP contribution < -0.4 is 0 Å². The molecule has 0 amide bonds. The number of alkyl halides is 3. The molecule has 0 aromatic carbocycles. The van der Waals surface area contributed by atoms with Gasteiger partial charge >= 0.3 is 6.18 Å². The molecular formula is C6H2F4N. The zero-order valence-electron chi connectivity index (χ0n) is 5.11. The first-order valence-corrected chi connectivity index (χ1v) is 2.61. The lowest BCUT2D eigenvalue weighted by atomic mass is 10.3. The highest BCUT2D eigenvalue weighted by molar-refractivity contribution is 5.06. The summed E-state index contributed by atoms with van der Waals surface area (Å²) in [7, 11) is 0. The first-order valence-electron chi connectivity index (χ1n) is 2.61. The van der Waals surface area contributed by atoms with Gasteiger partial charge in [-0.25, -0.2) is 4.39 Å². The lowest BCUT2D eigenvalue weighted by Crippen LogP contribution is -2.07. The maximum Gasteiger partial charge on any atom is 0.434 e. The van der Waals surface area contributed by atoms with Crippen molar-refractivity contribution in [2.45, 2.75) is 6.18 Å². The minimum Gasteiger partial charge on any atom is -0.251 e. The summed E-state index contributed by atoms with van der Waals surface area (Å²) in [6.07, 6.45) is -3.88. The van der Waals surface area contributed by atoms with Gasteiger partial charge in [-0.15, -0.1) is 0 Å². The Labute approximate surface area is 59.7 Å². The second kappa shape index (κ2) is 2.48. The molecule has 0 saturated carbocycles. The molecule has 0 spiro atoms. The van der Waals surface area contributed by atoms with Crippen molar-refractivity contribution in [3.8, 4) is 0 Å². The topological polar surface area (TPSA) is 12.9 Å². The predicted molar refractivity (Wildman–Crippen MR) is 28.0 cm³/mol. The van der Waals surface area contributed by atoms with Crippen molar-refractivity contribution >= 4 is 0 Å². The van der Waals surface area contributed by atoms with Crippen LogP contribution in [0.2, 0.25) is 0 Å². The van der Waals surface area contributed by atoms with Crippen molar-refractivity contribution in [2.24, 2.45) is 0 Å². The van der Waals surface area contributed by atoms with E-state index in [1.807, 2.05) is 0 Å². The van der Waals surface area contributed by atoms with Gasteiger partial charge in [-0.2, -0.15) is 13.2 Å². The molecular weight excluding hydrogens is 162 g/mol. The highest BCUT2D eigenvalue weighted by Crippen LogP contribution is 2.26. The Kier molecular flexibility index (Phi) is 1.80. The summed E-state index contributed by atoms with van der Waals surface area (Å²) in [6, 6.07) is 2.25. The molecule has 1 nitrogen and oxygen atoms in total. The van der Waals surface area contributed by atoms with E-state index < -0.39 is 17.7 Å². The summed E-state index contributed by atoms with van der Waals surface area (Å²) in [5.41, 5.74) is -1.34. The molecule has 5 heteroatoms. The second-order valence-corrected chi connectivity index (χ2v) is 1.76. The molecule has 0 saturated heterocycles. The number of hydrogen-bond donors (Lipinski definition) is 0. The van der Waals surface area contributed by atoms with Crippen molar-refractivity contribution in [3.63, 3.8) is 0 Å². The Morgan fingerprint density at radius 3 is 2.36 bits per heavy atom. The van der Waals surface area contributed by atoms with Crippen LogP contribution in [0.1, 0.15) is 5.69 Å². The van der Waals surface area contributed by atoms with Gasteiger partial charge in [0.1, 0.15) is 5.82 Å². The van der Waals surface area contributed by atoms with Gasteiger partial charge in [-0.1, -0.05) is 0 Å². The van der Waals surface area contributed by atoms with Crippen LogP contribution in [0.3, 0.4) is 0 Å². The van der Waals surface area contributed by atoms with Crippen LogP contribution in [0.25, 0.3) is 0 Å². The lowest BCUT2D eigenvalue weighted by molar-refractivity contribution is -0.141. The van der Waals surface area contributed by atoms with Crippen LogP contribution in [0.5, 0.6) is 0 Å². The van der Waals surface area contributed by atoms with Crippen molar-refractivity contribution in [1.82, 2.24) is 4.98 Å². The predicted octanol–water partition coefficient (Wildman–Crippen LogP) is 2.04. The summed E-state index contributed by atoms with van der Waals surface area (Å²) in [5, 5.41) is 0. The Morgan fingerprint density at radius 2 is 2.00 bits per heavy atom. The van der Waals surface area contributed by atoms with Gasteiger partial charge in [0, 0.05) is 6.20 Å². The van der Waals surface area contributed by atoms with Crippen LogP contribution in [-0.2, 0) is 6.18 Å². The molecule has 0 fully saturated rings. The number of halogens is 4. The average Bonchev–Trinajstić information content (AvgIpc) is 1.86. The zero-order chi connectivity index (χ0) is 8.48. The van der Waals surface area contributed by atoms with Crippen molar-refractivity contribution < 1.29 is 17.6 Å². The largest absolute Gasteiger partial charge is 0.434 e. The number of nitrogens with zero attached hydrogens (tertiary/aromatic N) is 1. The lowest BCUT2D eigenvalue weighted by Gasteiger charge is -2.02. The maximum atomic E-state index is 12.1. The maximum absolute atomic E-state index is 12.1. The van der Waals surface area contributed by atoms with Crippen molar-refractivity contribution in [1.29, 1.82) is 0 Å².